The molecule has 2 aliphatic rings. The highest BCUT2D eigenvalue weighted by Crippen LogP contribution is 2.28. The summed E-state index contributed by atoms with van der Waals surface area (Å²) in [6, 6.07) is 5.92. The van der Waals surface area contributed by atoms with E-state index in [0.29, 0.717) is 5.56 Å². The van der Waals surface area contributed by atoms with Crippen molar-refractivity contribution >= 4 is 5.97 Å². The minimum absolute atomic E-state index is 0.198. The molecule has 15 heteroatoms. The Labute approximate surface area is 223 Å². The third kappa shape index (κ3) is 7.21. The Hall–Kier alpha value is -1.99. The van der Waals surface area contributed by atoms with Crippen molar-refractivity contribution in [1.82, 2.24) is 0 Å². The lowest BCUT2D eigenvalue weighted by Crippen LogP contribution is -2.61. The summed E-state index contributed by atoms with van der Waals surface area (Å²) in [5.74, 6) is -0.880. The van der Waals surface area contributed by atoms with Gasteiger partial charge in [-0.3, -0.25) is 0 Å². The van der Waals surface area contributed by atoms with Crippen molar-refractivity contribution in [2.45, 2.75) is 93.6 Å². The number of aliphatic hydroxyl groups is 9. The van der Waals surface area contributed by atoms with Crippen molar-refractivity contribution in [3.05, 3.63) is 29.8 Å². The maximum Gasteiger partial charge on any atom is 0.338 e. The average molecular weight is 565 g/mol. The number of aliphatic hydroxyl groups excluding tert-OH is 9. The maximum atomic E-state index is 12.5. The third-order valence-corrected chi connectivity index (χ3v) is 6.56. The fourth-order valence-electron chi connectivity index (χ4n) is 4.01. The van der Waals surface area contributed by atoms with Gasteiger partial charge >= 0.3 is 5.97 Å². The normalized spacial score (nSPS) is 36.3. The Kier molecular flexibility index (Phi) is 10.6. The predicted octanol–water partition coefficient (Wildman–Crippen LogP) is -4.14. The number of hydrogen-bond acceptors (Lipinski definition) is 15. The molecule has 0 spiro atoms. The molecule has 0 radical (unpaired) electrons. The van der Waals surface area contributed by atoms with Gasteiger partial charge in [0.2, 0.25) is 6.29 Å². The Balaban J connectivity index is 1.53. The Morgan fingerprint density at radius 3 is 1.82 bits per heavy atom. The summed E-state index contributed by atoms with van der Waals surface area (Å²) >= 11 is 0. The van der Waals surface area contributed by atoms with Crippen LogP contribution in [0.15, 0.2) is 24.3 Å². The van der Waals surface area contributed by atoms with Crippen LogP contribution >= 0.6 is 0 Å². The molecule has 11 atom stereocenters. The molecule has 2 aliphatic heterocycles. The van der Waals surface area contributed by atoms with Crippen LogP contribution < -0.4 is 4.74 Å². The first-order valence-electron chi connectivity index (χ1n) is 12.2. The van der Waals surface area contributed by atoms with Crippen molar-refractivity contribution in [2.75, 3.05) is 13.2 Å². The largest absolute Gasteiger partial charge is 0.462 e. The highest BCUT2D eigenvalue weighted by molar-refractivity contribution is 5.75. The number of carbonyl (C=O) groups is 1. The van der Waals surface area contributed by atoms with Crippen molar-refractivity contribution in [2.24, 2.45) is 0 Å². The molecule has 0 amide bonds. The molecule has 0 aliphatic carbocycles. The number of hydrogen-bond donors (Lipinski definition) is 9. The second-order valence-corrected chi connectivity index (χ2v) is 9.89. The molecule has 1 aromatic rings. The molecule has 9 N–H and O–H groups in total. The molecule has 2 saturated heterocycles. The third-order valence-electron chi connectivity index (χ3n) is 6.56. The quantitative estimate of drug-likeness (QED) is 0.122. The zero-order valence-corrected chi connectivity index (χ0v) is 21.3. The van der Waals surface area contributed by atoms with E-state index in [1.54, 1.807) is 0 Å². The Morgan fingerprint density at radius 1 is 0.821 bits per heavy atom. The molecular formula is C24H36O15. The van der Waals surface area contributed by atoms with Crippen LogP contribution in [-0.4, -0.2) is 138 Å². The molecular weight excluding hydrogens is 528 g/mol. The van der Waals surface area contributed by atoms with Crippen LogP contribution in [0.4, 0.5) is 0 Å². The van der Waals surface area contributed by atoms with Gasteiger partial charge < -0.3 is 69.6 Å². The summed E-state index contributed by atoms with van der Waals surface area (Å²) < 4.78 is 26.7. The van der Waals surface area contributed by atoms with E-state index in [1.165, 1.54) is 38.1 Å². The van der Waals surface area contributed by atoms with Crippen molar-refractivity contribution < 1.29 is 74.4 Å². The van der Waals surface area contributed by atoms with Crippen molar-refractivity contribution in [1.29, 1.82) is 0 Å². The fourth-order valence-corrected chi connectivity index (χ4v) is 4.01. The van der Waals surface area contributed by atoms with Crippen LogP contribution in [0.25, 0.3) is 0 Å². The van der Waals surface area contributed by atoms with Crippen LogP contribution in [0.5, 0.6) is 5.75 Å². The summed E-state index contributed by atoms with van der Waals surface area (Å²) in [4.78, 5) is 12.5. The van der Waals surface area contributed by atoms with E-state index in [9.17, 15) is 50.8 Å². The SMILES string of the molecule is CC(C)(O[C@@H]1O[C@H](CO)[C@@H](O)[C@H](O)[C@H]1O)C(O)C(=O)OCc1ccc(O[C@@H]2O[C@H](CO)[C@@H](O)[C@H](O)[C@H]2O)cc1. The summed E-state index contributed by atoms with van der Waals surface area (Å²) in [5.41, 5.74) is -1.21. The molecule has 0 bridgehead atoms. The first-order valence-corrected chi connectivity index (χ1v) is 12.2. The molecule has 0 aromatic heterocycles. The molecule has 222 valence electrons. The van der Waals surface area contributed by atoms with Gasteiger partial charge in [-0.2, -0.15) is 0 Å². The molecule has 1 unspecified atom stereocenters. The highest BCUT2D eigenvalue weighted by atomic mass is 16.7. The Bertz CT molecular complexity index is 923. The zero-order chi connectivity index (χ0) is 29.1. The number of esters is 1. The van der Waals surface area contributed by atoms with Gasteiger partial charge in [-0.25, -0.2) is 4.79 Å². The van der Waals surface area contributed by atoms with E-state index in [4.69, 9.17) is 23.7 Å². The lowest BCUT2D eigenvalue weighted by Gasteiger charge is -2.43. The molecule has 2 fully saturated rings. The van der Waals surface area contributed by atoms with Gasteiger partial charge in [0.25, 0.3) is 0 Å². The molecule has 0 saturated carbocycles. The summed E-state index contributed by atoms with van der Waals surface area (Å²) in [6.07, 6.45) is -16.9. The molecule has 3 rings (SSSR count). The standard InChI is InChI=1S/C24H36O15/c1-24(2,39-23-19(32)17(30)15(28)13(8-26)38-23)20(33)21(34)35-9-10-3-5-11(6-4-10)36-22-18(31)16(29)14(27)12(7-25)37-22/h3-6,12-20,22-23,25-33H,7-9H2,1-2H3/t12-,13-,14-,15-,16+,17+,18-,19-,20?,22-,23+/m1/s1. The predicted molar refractivity (Wildman–Crippen MR) is 126 cm³/mol. The van der Waals surface area contributed by atoms with E-state index in [-0.39, 0.29) is 12.4 Å². The minimum atomic E-state index is -1.86. The number of ether oxygens (including phenoxy) is 5. The van der Waals surface area contributed by atoms with Gasteiger partial charge in [-0.05, 0) is 31.5 Å². The van der Waals surface area contributed by atoms with Gasteiger partial charge in [0, 0.05) is 0 Å². The summed E-state index contributed by atoms with van der Waals surface area (Å²) in [7, 11) is 0. The summed E-state index contributed by atoms with van der Waals surface area (Å²) in [6.45, 7) is 1.07. The number of benzene rings is 1. The lowest BCUT2D eigenvalue weighted by molar-refractivity contribution is -0.330. The van der Waals surface area contributed by atoms with E-state index >= 15 is 0 Å². The van der Waals surface area contributed by atoms with Gasteiger partial charge in [0.1, 0.15) is 66.8 Å². The van der Waals surface area contributed by atoms with Crippen LogP contribution in [0.2, 0.25) is 0 Å². The molecule has 15 nitrogen and oxygen atoms in total. The van der Waals surface area contributed by atoms with E-state index in [2.05, 4.69) is 0 Å². The van der Waals surface area contributed by atoms with Crippen molar-refractivity contribution in [3.8, 4) is 5.75 Å². The second kappa shape index (κ2) is 13.1. The van der Waals surface area contributed by atoms with Crippen LogP contribution in [0.3, 0.4) is 0 Å². The van der Waals surface area contributed by atoms with Crippen LogP contribution in [0, 0.1) is 0 Å². The van der Waals surface area contributed by atoms with Gasteiger partial charge in [0.15, 0.2) is 12.4 Å². The first kappa shape index (κ1) is 31.5. The van der Waals surface area contributed by atoms with Gasteiger partial charge in [0.05, 0.1) is 13.2 Å². The number of rotatable bonds is 10. The highest BCUT2D eigenvalue weighted by Gasteiger charge is 2.48. The Morgan fingerprint density at radius 2 is 1.31 bits per heavy atom. The van der Waals surface area contributed by atoms with Gasteiger partial charge in [-0.1, -0.05) is 12.1 Å². The lowest BCUT2D eigenvalue weighted by atomic mass is 9.97. The second-order valence-electron chi connectivity index (χ2n) is 9.89. The van der Waals surface area contributed by atoms with Crippen LogP contribution in [-0.2, 0) is 30.3 Å². The average Bonchev–Trinajstić information content (AvgIpc) is 2.92. The molecule has 39 heavy (non-hydrogen) atoms. The summed E-state index contributed by atoms with van der Waals surface area (Å²) in [5, 5.41) is 88.8. The van der Waals surface area contributed by atoms with Gasteiger partial charge in [-0.15, -0.1) is 0 Å². The maximum absolute atomic E-state index is 12.5. The first-order chi connectivity index (χ1) is 18.3. The van der Waals surface area contributed by atoms with Crippen molar-refractivity contribution in [3.63, 3.8) is 0 Å². The topological polar surface area (TPSA) is 245 Å². The number of carbonyl (C=O) groups excluding carboxylic acids is 1. The zero-order valence-electron chi connectivity index (χ0n) is 21.3. The smallest absolute Gasteiger partial charge is 0.338 e. The molecule has 2 heterocycles. The molecule has 1 aromatic carbocycles. The van der Waals surface area contributed by atoms with Crippen LogP contribution in [0.1, 0.15) is 19.4 Å². The van der Waals surface area contributed by atoms with E-state index in [1.807, 2.05) is 0 Å². The van der Waals surface area contributed by atoms with E-state index < -0.39 is 92.3 Å². The fraction of sp³-hybridized carbons (Fsp3) is 0.708. The van der Waals surface area contributed by atoms with E-state index in [0.717, 1.165) is 0 Å². The minimum Gasteiger partial charge on any atom is -0.462 e. The monoisotopic (exact) mass is 564 g/mol.